The number of ether oxygens (including phenoxy) is 1. The molecular formula is C12H19NO. The predicted molar refractivity (Wildman–Crippen MR) is 61.0 cm³/mol. The average Bonchev–Trinajstić information content (AvgIpc) is 2.16. The molecule has 1 aromatic rings. The fraction of sp³-hybridized carbons (Fsp3) is 0.500. The molecule has 1 N–H and O–H groups in total. The number of hydrogen-bond donors (Lipinski definition) is 1. The van der Waals surface area contributed by atoms with Gasteiger partial charge in [-0.15, -0.1) is 0 Å². The summed E-state index contributed by atoms with van der Waals surface area (Å²) in [4.78, 5) is 0. The molecule has 0 amide bonds. The maximum atomic E-state index is 5.62. The van der Waals surface area contributed by atoms with Gasteiger partial charge in [0.15, 0.2) is 0 Å². The van der Waals surface area contributed by atoms with Gasteiger partial charge in [-0.3, -0.25) is 0 Å². The fourth-order valence-electron chi connectivity index (χ4n) is 1.23. The molecule has 0 saturated carbocycles. The number of rotatable bonds is 5. The summed E-state index contributed by atoms with van der Waals surface area (Å²) in [5, 5.41) is 3.36. The number of hydrogen-bond acceptors (Lipinski definition) is 2. The minimum absolute atomic E-state index is 0.432. The number of nitrogens with one attached hydrogen (secondary N) is 1. The zero-order valence-corrected chi connectivity index (χ0v) is 9.21. The Morgan fingerprint density at radius 1 is 1.29 bits per heavy atom. The van der Waals surface area contributed by atoms with E-state index in [1.54, 1.807) is 0 Å². The summed E-state index contributed by atoms with van der Waals surface area (Å²) < 4.78 is 5.62. The normalized spacial score (nSPS) is 10.3. The summed E-state index contributed by atoms with van der Waals surface area (Å²) >= 11 is 0. The van der Waals surface area contributed by atoms with Crippen LogP contribution < -0.4 is 10.1 Å². The molecule has 78 valence electrons. The average molecular weight is 193 g/mol. The molecule has 2 nitrogen and oxygen atoms in total. The molecule has 2 heteroatoms. The Hall–Kier alpha value is -1.18. The van der Waals surface area contributed by atoms with E-state index in [-0.39, 0.29) is 0 Å². The summed E-state index contributed by atoms with van der Waals surface area (Å²) in [5.41, 5.74) is 1.08. The van der Waals surface area contributed by atoms with Crippen molar-refractivity contribution in [2.24, 2.45) is 0 Å². The van der Waals surface area contributed by atoms with E-state index in [1.165, 1.54) is 0 Å². The molecule has 0 fully saturated rings. The number of anilines is 1. The molecule has 0 aliphatic carbocycles. The summed E-state index contributed by atoms with van der Waals surface area (Å²) in [5.74, 6) is 0.947. The fourth-order valence-corrected chi connectivity index (χ4v) is 1.23. The summed E-state index contributed by atoms with van der Waals surface area (Å²) in [6, 6.07) is 8.49. The zero-order chi connectivity index (χ0) is 10.4. The highest BCUT2D eigenvalue weighted by molar-refractivity contribution is 5.56. The Labute approximate surface area is 86.3 Å². The van der Waals surface area contributed by atoms with E-state index in [1.807, 2.05) is 24.3 Å². The second kappa shape index (κ2) is 5.53. The van der Waals surface area contributed by atoms with Crippen LogP contribution in [0, 0.1) is 0 Å². The van der Waals surface area contributed by atoms with Crippen LogP contribution in [0.3, 0.4) is 0 Å². The molecule has 0 aliphatic heterocycles. The van der Waals surface area contributed by atoms with Gasteiger partial charge in [0.1, 0.15) is 5.75 Å². The highest BCUT2D eigenvalue weighted by Crippen LogP contribution is 2.24. The molecule has 0 atom stereocenters. The van der Waals surface area contributed by atoms with Crippen LogP contribution in [-0.4, -0.2) is 12.6 Å². The lowest BCUT2D eigenvalue weighted by molar-refractivity contribution is 0.318. The molecule has 0 bridgehead atoms. The first-order valence-electron chi connectivity index (χ1n) is 5.22. The maximum absolute atomic E-state index is 5.62. The number of para-hydroxylation sites is 2. The molecular weight excluding hydrogens is 174 g/mol. The van der Waals surface area contributed by atoms with Gasteiger partial charge in [0.25, 0.3) is 0 Å². The van der Waals surface area contributed by atoms with Crippen LogP contribution in [0.25, 0.3) is 0 Å². The molecule has 0 unspecified atom stereocenters. The van der Waals surface area contributed by atoms with Crippen molar-refractivity contribution in [3.8, 4) is 5.75 Å². The third-order valence-electron chi connectivity index (χ3n) is 1.79. The molecule has 1 aromatic carbocycles. The lowest BCUT2D eigenvalue weighted by Crippen LogP contribution is -2.11. The van der Waals surface area contributed by atoms with Gasteiger partial charge in [-0.2, -0.15) is 0 Å². The monoisotopic (exact) mass is 193 g/mol. The quantitative estimate of drug-likeness (QED) is 0.774. The largest absolute Gasteiger partial charge is 0.491 e. The van der Waals surface area contributed by atoms with Crippen LogP contribution in [0.1, 0.15) is 27.2 Å². The number of benzene rings is 1. The van der Waals surface area contributed by atoms with Gasteiger partial charge in [0.2, 0.25) is 0 Å². The van der Waals surface area contributed by atoms with Crippen LogP contribution in [0.5, 0.6) is 5.75 Å². The Morgan fingerprint density at radius 3 is 2.64 bits per heavy atom. The molecule has 0 aliphatic rings. The van der Waals surface area contributed by atoms with Crippen molar-refractivity contribution in [3.63, 3.8) is 0 Å². The molecule has 0 heterocycles. The van der Waals surface area contributed by atoms with Crippen molar-refractivity contribution in [1.29, 1.82) is 0 Å². The first kappa shape index (κ1) is 10.9. The van der Waals surface area contributed by atoms with E-state index in [2.05, 4.69) is 26.1 Å². The smallest absolute Gasteiger partial charge is 0.142 e. The predicted octanol–water partition coefficient (Wildman–Crippen LogP) is 3.30. The van der Waals surface area contributed by atoms with Crippen molar-refractivity contribution in [2.45, 2.75) is 33.2 Å². The first-order valence-corrected chi connectivity index (χ1v) is 5.22. The van der Waals surface area contributed by atoms with E-state index >= 15 is 0 Å². The van der Waals surface area contributed by atoms with Crippen LogP contribution >= 0.6 is 0 Å². The van der Waals surface area contributed by atoms with Gasteiger partial charge in [-0.1, -0.05) is 19.1 Å². The minimum Gasteiger partial charge on any atom is -0.491 e. The van der Waals surface area contributed by atoms with Crippen molar-refractivity contribution in [3.05, 3.63) is 24.3 Å². The lowest BCUT2D eigenvalue weighted by Gasteiger charge is -2.14. The van der Waals surface area contributed by atoms with Gasteiger partial charge >= 0.3 is 0 Å². The molecule has 0 radical (unpaired) electrons. The molecule has 0 saturated heterocycles. The van der Waals surface area contributed by atoms with Crippen LogP contribution in [0.2, 0.25) is 0 Å². The summed E-state index contributed by atoms with van der Waals surface area (Å²) in [6.45, 7) is 7.13. The Bertz CT molecular complexity index is 271. The molecule has 1 rings (SSSR count). The SMILES string of the molecule is CCCOc1ccccc1NC(C)C. The van der Waals surface area contributed by atoms with Crippen LogP contribution in [-0.2, 0) is 0 Å². The van der Waals surface area contributed by atoms with Gasteiger partial charge in [0, 0.05) is 6.04 Å². The first-order chi connectivity index (χ1) is 6.74. The van der Waals surface area contributed by atoms with E-state index in [4.69, 9.17) is 4.74 Å². The van der Waals surface area contributed by atoms with Gasteiger partial charge in [-0.25, -0.2) is 0 Å². The molecule has 14 heavy (non-hydrogen) atoms. The minimum atomic E-state index is 0.432. The Balaban J connectivity index is 2.69. The summed E-state index contributed by atoms with van der Waals surface area (Å²) in [6.07, 6.45) is 1.04. The van der Waals surface area contributed by atoms with Gasteiger partial charge < -0.3 is 10.1 Å². The van der Waals surface area contributed by atoms with Crippen molar-refractivity contribution < 1.29 is 4.74 Å². The second-order valence-corrected chi connectivity index (χ2v) is 3.64. The highest BCUT2D eigenvalue weighted by atomic mass is 16.5. The third kappa shape index (κ3) is 3.29. The topological polar surface area (TPSA) is 21.3 Å². The van der Waals surface area contributed by atoms with E-state index in [0.29, 0.717) is 6.04 Å². The Kier molecular flexibility index (Phi) is 4.30. The molecule has 0 spiro atoms. The standard InChI is InChI=1S/C12H19NO/c1-4-9-14-12-8-6-5-7-11(12)13-10(2)3/h5-8,10,13H,4,9H2,1-3H3. The summed E-state index contributed by atoms with van der Waals surface area (Å²) in [7, 11) is 0. The van der Waals surface area contributed by atoms with E-state index < -0.39 is 0 Å². The lowest BCUT2D eigenvalue weighted by atomic mass is 10.2. The second-order valence-electron chi connectivity index (χ2n) is 3.64. The Morgan fingerprint density at radius 2 is 2.00 bits per heavy atom. The van der Waals surface area contributed by atoms with E-state index in [0.717, 1.165) is 24.5 Å². The van der Waals surface area contributed by atoms with Gasteiger partial charge in [-0.05, 0) is 32.4 Å². The van der Waals surface area contributed by atoms with Crippen LogP contribution in [0.4, 0.5) is 5.69 Å². The zero-order valence-electron chi connectivity index (χ0n) is 9.21. The van der Waals surface area contributed by atoms with Crippen molar-refractivity contribution >= 4 is 5.69 Å². The van der Waals surface area contributed by atoms with E-state index in [9.17, 15) is 0 Å². The third-order valence-corrected chi connectivity index (χ3v) is 1.79. The molecule has 0 aromatic heterocycles. The van der Waals surface area contributed by atoms with Crippen LogP contribution in [0.15, 0.2) is 24.3 Å². The van der Waals surface area contributed by atoms with Crippen molar-refractivity contribution in [1.82, 2.24) is 0 Å². The maximum Gasteiger partial charge on any atom is 0.142 e. The van der Waals surface area contributed by atoms with Gasteiger partial charge in [0.05, 0.1) is 12.3 Å². The van der Waals surface area contributed by atoms with Crippen molar-refractivity contribution in [2.75, 3.05) is 11.9 Å². The highest BCUT2D eigenvalue weighted by Gasteiger charge is 2.02.